The molecule has 0 spiro atoms. The van der Waals surface area contributed by atoms with Crippen LogP contribution in [-0.4, -0.2) is 28.8 Å². The number of amides is 1. The third kappa shape index (κ3) is 4.22. The van der Waals surface area contributed by atoms with Gasteiger partial charge in [0.05, 0.1) is 30.7 Å². The Balaban J connectivity index is 2.09. The summed E-state index contributed by atoms with van der Waals surface area (Å²) in [6.45, 7) is 5.37. The van der Waals surface area contributed by atoms with E-state index in [1.807, 2.05) is 43.5 Å². The molecule has 128 valence electrons. The number of ether oxygens (including phenoxy) is 1. The fraction of sp³-hybridized carbons (Fsp3) is 0.389. The zero-order valence-corrected chi connectivity index (χ0v) is 14.4. The average Bonchev–Trinajstić information content (AvgIpc) is 3.08. The van der Waals surface area contributed by atoms with Gasteiger partial charge in [-0.15, -0.1) is 0 Å². The van der Waals surface area contributed by atoms with E-state index in [2.05, 4.69) is 15.2 Å². The lowest BCUT2D eigenvalue weighted by atomic mass is 9.87. The summed E-state index contributed by atoms with van der Waals surface area (Å²) < 4.78 is 6.42. The molecule has 6 nitrogen and oxygen atoms in total. The van der Waals surface area contributed by atoms with Crippen LogP contribution in [0.2, 0.25) is 0 Å². The maximum atomic E-state index is 12.5. The summed E-state index contributed by atoms with van der Waals surface area (Å²) in [5, 5.41) is 7.17. The molecular formula is C18H23N3O3. The number of carbonyl (C=O) groups excluding carboxylic acids is 2. The third-order valence-corrected chi connectivity index (χ3v) is 3.92. The first-order chi connectivity index (χ1) is 11.3. The minimum absolute atomic E-state index is 0.0371. The van der Waals surface area contributed by atoms with E-state index in [-0.39, 0.29) is 18.4 Å². The maximum Gasteiger partial charge on any atom is 0.306 e. The van der Waals surface area contributed by atoms with Gasteiger partial charge in [0.2, 0.25) is 5.91 Å². The van der Waals surface area contributed by atoms with Crippen molar-refractivity contribution >= 4 is 11.9 Å². The second-order valence-corrected chi connectivity index (χ2v) is 6.38. The molecule has 0 aliphatic heterocycles. The van der Waals surface area contributed by atoms with Crippen LogP contribution in [0.3, 0.4) is 0 Å². The van der Waals surface area contributed by atoms with Crippen molar-refractivity contribution in [2.45, 2.75) is 33.2 Å². The van der Waals surface area contributed by atoms with E-state index >= 15 is 0 Å². The molecule has 0 aliphatic rings. The number of rotatable bonds is 6. The standard InChI is InChI=1S/C18H23N3O3/c1-13(20-17(23)18(2,3)12-16(22)24-4)14-7-5-8-15(11-14)21-10-6-9-19-21/h5-11,13H,12H2,1-4H3,(H,20,23). The van der Waals surface area contributed by atoms with Crippen molar-refractivity contribution in [3.63, 3.8) is 0 Å². The van der Waals surface area contributed by atoms with Crippen LogP contribution in [0.15, 0.2) is 42.7 Å². The van der Waals surface area contributed by atoms with Gasteiger partial charge in [0.15, 0.2) is 0 Å². The Labute approximate surface area is 141 Å². The maximum absolute atomic E-state index is 12.5. The molecule has 0 fully saturated rings. The summed E-state index contributed by atoms with van der Waals surface area (Å²) in [5.74, 6) is -0.589. The molecule has 0 saturated carbocycles. The van der Waals surface area contributed by atoms with Crippen molar-refractivity contribution in [3.05, 3.63) is 48.3 Å². The molecule has 1 amide bonds. The molecule has 1 aromatic heterocycles. The second kappa shape index (κ2) is 7.29. The first-order valence-electron chi connectivity index (χ1n) is 7.81. The Morgan fingerprint density at radius 2 is 2.08 bits per heavy atom. The molecule has 0 saturated heterocycles. The third-order valence-electron chi connectivity index (χ3n) is 3.92. The Kier molecular flexibility index (Phi) is 5.39. The number of carbonyl (C=O) groups is 2. The molecule has 24 heavy (non-hydrogen) atoms. The zero-order chi connectivity index (χ0) is 17.7. The van der Waals surface area contributed by atoms with Crippen LogP contribution in [0.4, 0.5) is 0 Å². The lowest BCUT2D eigenvalue weighted by molar-refractivity contribution is -0.147. The van der Waals surface area contributed by atoms with Gasteiger partial charge in [-0.05, 0) is 30.7 Å². The van der Waals surface area contributed by atoms with Gasteiger partial charge in [0.1, 0.15) is 0 Å². The Hall–Kier alpha value is -2.63. The summed E-state index contributed by atoms with van der Waals surface area (Å²) in [7, 11) is 1.32. The number of hydrogen-bond acceptors (Lipinski definition) is 4. The highest BCUT2D eigenvalue weighted by Crippen LogP contribution is 2.24. The van der Waals surface area contributed by atoms with E-state index in [0.717, 1.165) is 11.3 Å². The topological polar surface area (TPSA) is 73.2 Å². The number of esters is 1. The number of aromatic nitrogens is 2. The summed E-state index contributed by atoms with van der Waals surface area (Å²) in [6.07, 6.45) is 3.62. The van der Waals surface area contributed by atoms with E-state index in [0.29, 0.717) is 0 Å². The quantitative estimate of drug-likeness (QED) is 0.827. The van der Waals surface area contributed by atoms with Gasteiger partial charge in [-0.3, -0.25) is 9.59 Å². The molecule has 1 unspecified atom stereocenters. The number of methoxy groups -OCH3 is 1. The zero-order valence-electron chi connectivity index (χ0n) is 14.4. The van der Waals surface area contributed by atoms with Crippen molar-refractivity contribution in [2.75, 3.05) is 7.11 Å². The Morgan fingerprint density at radius 3 is 2.71 bits per heavy atom. The smallest absolute Gasteiger partial charge is 0.306 e. The molecule has 0 aliphatic carbocycles. The van der Waals surface area contributed by atoms with Crippen LogP contribution in [0.25, 0.3) is 5.69 Å². The summed E-state index contributed by atoms with van der Waals surface area (Å²) in [4.78, 5) is 23.9. The van der Waals surface area contributed by atoms with Gasteiger partial charge in [0, 0.05) is 12.4 Å². The minimum atomic E-state index is -0.832. The van der Waals surface area contributed by atoms with Gasteiger partial charge in [-0.25, -0.2) is 4.68 Å². The predicted octanol–water partition coefficient (Wildman–Crippen LogP) is 2.64. The normalized spacial score (nSPS) is 12.5. The van der Waals surface area contributed by atoms with Crippen LogP contribution in [0, 0.1) is 5.41 Å². The van der Waals surface area contributed by atoms with Crippen LogP contribution in [0.5, 0.6) is 0 Å². The predicted molar refractivity (Wildman–Crippen MR) is 90.5 cm³/mol. The fourth-order valence-electron chi connectivity index (χ4n) is 2.35. The van der Waals surface area contributed by atoms with E-state index in [9.17, 15) is 9.59 Å². The molecule has 0 radical (unpaired) electrons. The summed E-state index contributed by atoms with van der Waals surface area (Å²) in [6, 6.07) is 9.47. The highest BCUT2D eigenvalue weighted by molar-refractivity contribution is 5.86. The average molecular weight is 329 g/mol. The van der Waals surface area contributed by atoms with Gasteiger partial charge in [-0.2, -0.15) is 5.10 Å². The van der Waals surface area contributed by atoms with Crippen molar-refractivity contribution < 1.29 is 14.3 Å². The fourth-order valence-corrected chi connectivity index (χ4v) is 2.35. The van der Waals surface area contributed by atoms with Crippen LogP contribution >= 0.6 is 0 Å². The second-order valence-electron chi connectivity index (χ2n) is 6.38. The monoisotopic (exact) mass is 329 g/mol. The minimum Gasteiger partial charge on any atom is -0.469 e. The molecule has 0 bridgehead atoms. The van der Waals surface area contributed by atoms with Crippen molar-refractivity contribution in [1.82, 2.24) is 15.1 Å². The summed E-state index contributed by atoms with van der Waals surface area (Å²) in [5.41, 5.74) is 1.05. The Morgan fingerprint density at radius 1 is 1.33 bits per heavy atom. The van der Waals surface area contributed by atoms with Crippen molar-refractivity contribution in [3.8, 4) is 5.69 Å². The molecule has 1 heterocycles. The van der Waals surface area contributed by atoms with Gasteiger partial charge >= 0.3 is 5.97 Å². The number of hydrogen-bond donors (Lipinski definition) is 1. The highest BCUT2D eigenvalue weighted by atomic mass is 16.5. The molecule has 2 aromatic rings. The van der Waals surface area contributed by atoms with Crippen molar-refractivity contribution in [2.24, 2.45) is 5.41 Å². The molecule has 6 heteroatoms. The number of nitrogens with one attached hydrogen (secondary N) is 1. The molecule has 1 N–H and O–H groups in total. The number of benzene rings is 1. The molecule has 1 aromatic carbocycles. The molecule has 2 rings (SSSR count). The lowest BCUT2D eigenvalue weighted by Crippen LogP contribution is -2.39. The molecule has 1 atom stereocenters. The number of nitrogens with zero attached hydrogens (tertiary/aromatic N) is 2. The molecular weight excluding hydrogens is 306 g/mol. The van der Waals surface area contributed by atoms with Crippen molar-refractivity contribution in [1.29, 1.82) is 0 Å². The Bertz CT molecular complexity index is 708. The first-order valence-corrected chi connectivity index (χ1v) is 7.81. The highest BCUT2D eigenvalue weighted by Gasteiger charge is 2.31. The van der Waals surface area contributed by atoms with Crippen LogP contribution in [0.1, 0.15) is 38.8 Å². The van der Waals surface area contributed by atoms with E-state index in [1.54, 1.807) is 24.7 Å². The summed E-state index contributed by atoms with van der Waals surface area (Å²) >= 11 is 0. The largest absolute Gasteiger partial charge is 0.469 e. The van der Waals surface area contributed by atoms with Gasteiger partial charge < -0.3 is 10.1 Å². The van der Waals surface area contributed by atoms with Crippen LogP contribution in [-0.2, 0) is 14.3 Å². The van der Waals surface area contributed by atoms with Gasteiger partial charge in [-0.1, -0.05) is 26.0 Å². The van der Waals surface area contributed by atoms with E-state index in [1.165, 1.54) is 7.11 Å². The van der Waals surface area contributed by atoms with Crippen LogP contribution < -0.4 is 5.32 Å². The first kappa shape index (κ1) is 17.7. The van der Waals surface area contributed by atoms with E-state index < -0.39 is 11.4 Å². The lowest BCUT2D eigenvalue weighted by Gasteiger charge is -2.25. The van der Waals surface area contributed by atoms with E-state index in [4.69, 9.17) is 0 Å². The SMILES string of the molecule is COC(=O)CC(C)(C)C(=O)NC(C)c1cccc(-n2cccn2)c1. The van der Waals surface area contributed by atoms with Gasteiger partial charge in [0.25, 0.3) is 0 Å².